The molecule has 0 fully saturated rings. The molecule has 1 unspecified atom stereocenters. The monoisotopic (exact) mass is 297 g/mol. The van der Waals surface area contributed by atoms with Crippen LogP contribution in [0.1, 0.15) is 18.9 Å². The molecule has 0 radical (unpaired) electrons. The van der Waals surface area contributed by atoms with E-state index >= 15 is 0 Å². The van der Waals surface area contributed by atoms with Crippen LogP contribution in [0.5, 0.6) is 0 Å². The van der Waals surface area contributed by atoms with Crippen molar-refractivity contribution in [1.82, 2.24) is 4.90 Å². The lowest BCUT2D eigenvalue weighted by molar-refractivity contribution is -0.384. The van der Waals surface area contributed by atoms with E-state index in [0.717, 1.165) is 17.7 Å². The van der Waals surface area contributed by atoms with Gasteiger partial charge in [-0.05, 0) is 25.3 Å². The van der Waals surface area contributed by atoms with Gasteiger partial charge in [0, 0.05) is 31.5 Å². The molecule has 5 nitrogen and oxygen atoms in total. The van der Waals surface area contributed by atoms with E-state index in [1.807, 2.05) is 17.8 Å². The van der Waals surface area contributed by atoms with E-state index < -0.39 is 0 Å². The quantitative estimate of drug-likeness (QED) is 0.590. The lowest BCUT2D eigenvalue weighted by atomic mass is 10.1. The van der Waals surface area contributed by atoms with E-state index in [9.17, 15) is 10.1 Å². The number of thioether (sulfide) groups is 1. The molecule has 1 rings (SSSR count). The summed E-state index contributed by atoms with van der Waals surface area (Å²) in [6, 6.07) is 5.71. The molecule has 0 spiro atoms. The van der Waals surface area contributed by atoms with Gasteiger partial charge in [-0.3, -0.25) is 15.0 Å². The standard InChI is InChI=1S/C14H23N3O2S/c1-5-12(10-20-4)16(3)9-11-7-6-8-13(17(18)19)14(11)15-2/h6-8,12,15H,5,9-10H2,1-4H3. The second-order valence-corrected chi connectivity index (χ2v) is 5.66. The topological polar surface area (TPSA) is 58.4 Å². The second-order valence-electron chi connectivity index (χ2n) is 4.75. The van der Waals surface area contributed by atoms with E-state index in [2.05, 4.69) is 30.4 Å². The van der Waals surface area contributed by atoms with Gasteiger partial charge in [-0.2, -0.15) is 11.8 Å². The first-order valence-corrected chi connectivity index (χ1v) is 8.07. The highest BCUT2D eigenvalue weighted by molar-refractivity contribution is 7.98. The van der Waals surface area contributed by atoms with Crippen LogP contribution in [0.4, 0.5) is 11.4 Å². The summed E-state index contributed by atoms with van der Waals surface area (Å²) in [6.45, 7) is 2.88. The molecular formula is C14H23N3O2S. The third-order valence-electron chi connectivity index (χ3n) is 3.45. The van der Waals surface area contributed by atoms with E-state index in [0.29, 0.717) is 18.3 Å². The van der Waals surface area contributed by atoms with Gasteiger partial charge in [0.15, 0.2) is 0 Å². The molecule has 0 saturated heterocycles. The van der Waals surface area contributed by atoms with Crippen LogP contribution < -0.4 is 5.32 Å². The van der Waals surface area contributed by atoms with Crippen molar-refractivity contribution in [2.45, 2.75) is 25.9 Å². The summed E-state index contributed by atoms with van der Waals surface area (Å²) < 4.78 is 0. The number of nitrogens with zero attached hydrogens (tertiary/aromatic N) is 2. The fraction of sp³-hybridized carbons (Fsp3) is 0.571. The molecule has 0 aromatic heterocycles. The molecule has 1 N–H and O–H groups in total. The minimum absolute atomic E-state index is 0.135. The van der Waals surface area contributed by atoms with Crippen molar-refractivity contribution in [3.63, 3.8) is 0 Å². The molecule has 0 aliphatic heterocycles. The number of rotatable bonds is 8. The largest absolute Gasteiger partial charge is 0.382 e. The van der Waals surface area contributed by atoms with E-state index in [4.69, 9.17) is 0 Å². The van der Waals surface area contributed by atoms with Crippen LogP contribution >= 0.6 is 11.8 Å². The molecule has 0 aliphatic carbocycles. The van der Waals surface area contributed by atoms with Crippen LogP contribution in [0.15, 0.2) is 18.2 Å². The highest BCUT2D eigenvalue weighted by Gasteiger charge is 2.19. The van der Waals surface area contributed by atoms with Crippen LogP contribution in [0.25, 0.3) is 0 Å². The lowest BCUT2D eigenvalue weighted by Gasteiger charge is -2.27. The third kappa shape index (κ3) is 4.11. The van der Waals surface area contributed by atoms with Gasteiger partial charge in [0.25, 0.3) is 5.69 Å². The van der Waals surface area contributed by atoms with Crippen LogP contribution in [0, 0.1) is 10.1 Å². The third-order valence-corrected chi connectivity index (χ3v) is 4.17. The number of nitro benzene ring substituents is 1. The Bertz CT molecular complexity index is 454. The lowest BCUT2D eigenvalue weighted by Crippen LogP contribution is -2.32. The zero-order valence-electron chi connectivity index (χ0n) is 12.5. The fourth-order valence-electron chi connectivity index (χ4n) is 2.31. The zero-order valence-corrected chi connectivity index (χ0v) is 13.4. The number of hydrogen-bond donors (Lipinski definition) is 1. The number of nitro groups is 1. The average Bonchev–Trinajstić information content (AvgIpc) is 2.44. The maximum absolute atomic E-state index is 11.1. The molecule has 1 aromatic carbocycles. The first kappa shape index (κ1) is 16.8. The fourth-order valence-corrected chi connectivity index (χ4v) is 3.18. The van der Waals surface area contributed by atoms with E-state index in [-0.39, 0.29) is 10.6 Å². The molecular weight excluding hydrogens is 274 g/mol. The number of hydrogen-bond acceptors (Lipinski definition) is 5. The van der Waals surface area contributed by atoms with Gasteiger partial charge in [0.2, 0.25) is 0 Å². The summed E-state index contributed by atoms with van der Waals surface area (Å²) in [4.78, 5) is 13.0. The van der Waals surface area contributed by atoms with Gasteiger partial charge in [0.1, 0.15) is 5.69 Å². The number of benzene rings is 1. The molecule has 1 atom stereocenters. The van der Waals surface area contributed by atoms with Crippen molar-refractivity contribution in [1.29, 1.82) is 0 Å². The van der Waals surface area contributed by atoms with Crippen molar-refractivity contribution < 1.29 is 4.92 Å². The zero-order chi connectivity index (χ0) is 15.1. The minimum Gasteiger partial charge on any atom is -0.382 e. The molecule has 112 valence electrons. The predicted octanol–water partition coefficient (Wildman–Crippen LogP) is 3.21. The molecule has 0 amide bonds. The van der Waals surface area contributed by atoms with Gasteiger partial charge in [-0.25, -0.2) is 0 Å². The Morgan fingerprint density at radius 2 is 2.20 bits per heavy atom. The van der Waals surface area contributed by atoms with Gasteiger partial charge in [0.05, 0.1) is 4.92 Å². The SMILES string of the molecule is CCC(CSC)N(C)Cc1cccc([N+](=O)[O-])c1NC. The summed E-state index contributed by atoms with van der Waals surface area (Å²) in [5.41, 5.74) is 1.71. The van der Waals surface area contributed by atoms with Crippen molar-refractivity contribution in [2.75, 3.05) is 31.4 Å². The van der Waals surface area contributed by atoms with E-state index in [1.54, 1.807) is 13.1 Å². The van der Waals surface area contributed by atoms with Crippen molar-refractivity contribution >= 4 is 23.1 Å². The van der Waals surface area contributed by atoms with Gasteiger partial charge >= 0.3 is 0 Å². The summed E-state index contributed by atoms with van der Waals surface area (Å²) in [5, 5.41) is 14.0. The van der Waals surface area contributed by atoms with Crippen molar-refractivity contribution in [2.24, 2.45) is 0 Å². The minimum atomic E-state index is -0.339. The molecule has 1 aromatic rings. The maximum Gasteiger partial charge on any atom is 0.292 e. The normalized spacial score (nSPS) is 12.4. The molecule has 0 aliphatic rings. The smallest absolute Gasteiger partial charge is 0.292 e. The van der Waals surface area contributed by atoms with Crippen molar-refractivity contribution in [3.8, 4) is 0 Å². The number of para-hydroxylation sites is 1. The van der Waals surface area contributed by atoms with Crippen LogP contribution in [-0.4, -0.2) is 42.0 Å². The first-order valence-electron chi connectivity index (χ1n) is 6.68. The highest BCUT2D eigenvalue weighted by Crippen LogP contribution is 2.29. The first-order chi connectivity index (χ1) is 9.54. The van der Waals surface area contributed by atoms with Gasteiger partial charge in [-0.1, -0.05) is 19.1 Å². The Labute approximate surface area is 124 Å². The summed E-state index contributed by atoms with van der Waals surface area (Å²) in [5.74, 6) is 1.07. The molecule has 0 heterocycles. The Kier molecular flexibility index (Phi) is 6.81. The summed E-state index contributed by atoms with van der Waals surface area (Å²) in [6.07, 6.45) is 3.17. The van der Waals surface area contributed by atoms with Crippen molar-refractivity contribution in [3.05, 3.63) is 33.9 Å². The maximum atomic E-state index is 11.1. The highest BCUT2D eigenvalue weighted by atomic mass is 32.2. The van der Waals surface area contributed by atoms with Crippen LogP contribution in [0.2, 0.25) is 0 Å². The summed E-state index contributed by atoms with van der Waals surface area (Å²) in [7, 11) is 3.80. The van der Waals surface area contributed by atoms with Gasteiger partial charge in [-0.15, -0.1) is 0 Å². The Morgan fingerprint density at radius 1 is 1.50 bits per heavy atom. The van der Waals surface area contributed by atoms with Gasteiger partial charge < -0.3 is 5.32 Å². The molecule has 6 heteroatoms. The second kappa shape index (κ2) is 8.11. The Morgan fingerprint density at radius 3 is 2.70 bits per heavy atom. The summed E-state index contributed by atoms with van der Waals surface area (Å²) >= 11 is 1.83. The Hall–Kier alpha value is -1.27. The number of anilines is 1. The molecule has 0 bridgehead atoms. The van der Waals surface area contributed by atoms with Crippen LogP contribution in [-0.2, 0) is 6.54 Å². The Balaban J connectivity index is 2.96. The average molecular weight is 297 g/mol. The van der Waals surface area contributed by atoms with Crippen LogP contribution in [0.3, 0.4) is 0 Å². The predicted molar refractivity (Wildman–Crippen MR) is 86.6 cm³/mol. The van der Waals surface area contributed by atoms with E-state index in [1.165, 1.54) is 6.07 Å². The molecule has 0 saturated carbocycles. The number of nitrogens with one attached hydrogen (secondary N) is 1. The molecule has 20 heavy (non-hydrogen) atoms.